The van der Waals surface area contributed by atoms with E-state index in [0.717, 1.165) is 0 Å². The Hall–Kier alpha value is -1.78. The van der Waals surface area contributed by atoms with Gasteiger partial charge in [0.15, 0.2) is 0 Å². The van der Waals surface area contributed by atoms with Crippen LogP contribution in [-0.2, 0) is 0 Å². The van der Waals surface area contributed by atoms with Crippen molar-refractivity contribution in [2.45, 2.75) is 13.8 Å². The van der Waals surface area contributed by atoms with Crippen LogP contribution in [0.25, 0.3) is 5.57 Å². The molecule has 0 heteroatoms. The SMILES string of the molecule is Cc1ccc(C2=CC=C=CC=C2)cc1C. The van der Waals surface area contributed by atoms with Crippen LogP contribution in [0.4, 0.5) is 0 Å². The van der Waals surface area contributed by atoms with Crippen molar-refractivity contribution in [1.82, 2.24) is 0 Å². The maximum atomic E-state index is 3.06. The van der Waals surface area contributed by atoms with Gasteiger partial charge in [-0.3, -0.25) is 0 Å². The van der Waals surface area contributed by atoms with E-state index in [0.29, 0.717) is 0 Å². The third-order valence-corrected chi connectivity index (χ3v) is 2.67. The van der Waals surface area contributed by atoms with Crippen molar-refractivity contribution in [3.05, 3.63) is 71.0 Å². The lowest BCUT2D eigenvalue weighted by molar-refractivity contribution is 1.33. The molecule has 0 heterocycles. The van der Waals surface area contributed by atoms with Gasteiger partial charge in [0, 0.05) is 0 Å². The van der Waals surface area contributed by atoms with Crippen LogP contribution in [-0.4, -0.2) is 0 Å². The summed E-state index contributed by atoms with van der Waals surface area (Å²) in [5.74, 6) is 0. The average molecular weight is 194 g/mol. The Morgan fingerprint density at radius 3 is 2.67 bits per heavy atom. The van der Waals surface area contributed by atoms with E-state index in [2.05, 4.69) is 49.9 Å². The molecule has 0 N–H and O–H groups in total. The number of allylic oxidation sites excluding steroid dienone is 5. The maximum Gasteiger partial charge on any atom is -0.0178 e. The van der Waals surface area contributed by atoms with Crippen LogP contribution in [0.2, 0.25) is 0 Å². The van der Waals surface area contributed by atoms with Gasteiger partial charge in [0.25, 0.3) is 0 Å². The Morgan fingerprint density at radius 1 is 1.00 bits per heavy atom. The zero-order valence-electron chi connectivity index (χ0n) is 9.12. The van der Waals surface area contributed by atoms with Gasteiger partial charge in [-0.25, -0.2) is 0 Å². The molecule has 15 heavy (non-hydrogen) atoms. The van der Waals surface area contributed by atoms with Gasteiger partial charge in [0.1, 0.15) is 0 Å². The van der Waals surface area contributed by atoms with E-state index in [1.165, 1.54) is 22.3 Å². The third-order valence-electron chi connectivity index (χ3n) is 2.67. The van der Waals surface area contributed by atoms with Crippen LogP contribution in [0.1, 0.15) is 16.7 Å². The maximum absolute atomic E-state index is 3.06. The standard InChI is InChI=1S/C15H14/c1-12-9-10-15(11-13(12)2)14-7-5-3-4-6-8-14/h3,5-11H,1-2H3. The molecule has 1 aromatic carbocycles. The Bertz CT molecular complexity index is 493. The number of benzene rings is 1. The molecule has 0 radical (unpaired) electrons. The van der Waals surface area contributed by atoms with Gasteiger partial charge < -0.3 is 0 Å². The monoisotopic (exact) mass is 194 g/mol. The highest BCUT2D eigenvalue weighted by atomic mass is 14.0. The van der Waals surface area contributed by atoms with E-state index in [4.69, 9.17) is 0 Å². The summed E-state index contributed by atoms with van der Waals surface area (Å²) in [5.41, 5.74) is 8.24. The van der Waals surface area contributed by atoms with Crippen molar-refractivity contribution in [1.29, 1.82) is 0 Å². The van der Waals surface area contributed by atoms with Gasteiger partial charge in [-0.05, 0) is 54.3 Å². The summed E-state index contributed by atoms with van der Waals surface area (Å²) < 4.78 is 0. The minimum absolute atomic E-state index is 1.24. The van der Waals surface area contributed by atoms with Crippen LogP contribution in [0.5, 0.6) is 0 Å². The molecule has 0 aliphatic heterocycles. The summed E-state index contributed by atoms with van der Waals surface area (Å²) >= 11 is 0. The fourth-order valence-electron chi connectivity index (χ4n) is 1.57. The highest BCUT2D eigenvalue weighted by Crippen LogP contribution is 2.20. The van der Waals surface area contributed by atoms with E-state index < -0.39 is 0 Å². The van der Waals surface area contributed by atoms with E-state index in [-0.39, 0.29) is 0 Å². The molecule has 0 amide bonds. The second-order valence-electron chi connectivity index (χ2n) is 3.78. The molecule has 0 atom stereocenters. The zero-order chi connectivity index (χ0) is 10.7. The molecule has 0 aromatic heterocycles. The predicted octanol–water partition coefficient (Wildman–Crippen LogP) is 3.97. The quantitative estimate of drug-likeness (QED) is 0.593. The molecule has 0 nitrogen and oxygen atoms in total. The van der Waals surface area contributed by atoms with Gasteiger partial charge in [0.05, 0.1) is 0 Å². The van der Waals surface area contributed by atoms with Crippen molar-refractivity contribution < 1.29 is 0 Å². The Labute approximate surface area is 91.0 Å². The van der Waals surface area contributed by atoms with Crippen molar-refractivity contribution in [2.24, 2.45) is 0 Å². The zero-order valence-corrected chi connectivity index (χ0v) is 9.12. The van der Waals surface area contributed by atoms with Gasteiger partial charge in [-0.15, -0.1) is 5.73 Å². The van der Waals surface area contributed by atoms with Crippen LogP contribution in [0.3, 0.4) is 0 Å². The van der Waals surface area contributed by atoms with E-state index in [9.17, 15) is 0 Å². The molecule has 1 aliphatic carbocycles. The fraction of sp³-hybridized carbons (Fsp3) is 0.133. The molecule has 0 unspecified atom stereocenters. The predicted molar refractivity (Wildman–Crippen MR) is 65.7 cm³/mol. The van der Waals surface area contributed by atoms with Gasteiger partial charge >= 0.3 is 0 Å². The molecule has 0 saturated carbocycles. The first-order valence-electron chi connectivity index (χ1n) is 5.14. The average Bonchev–Trinajstić information content (AvgIpc) is 2.50. The molecule has 1 aliphatic rings. The van der Waals surface area contributed by atoms with Crippen LogP contribution >= 0.6 is 0 Å². The summed E-state index contributed by atoms with van der Waals surface area (Å²) in [6, 6.07) is 6.56. The molecular weight excluding hydrogens is 180 g/mol. The molecule has 74 valence electrons. The van der Waals surface area contributed by atoms with E-state index >= 15 is 0 Å². The molecule has 1 aromatic rings. The summed E-state index contributed by atoms with van der Waals surface area (Å²) in [7, 11) is 0. The molecule has 0 spiro atoms. The first kappa shape index (κ1) is 9.76. The van der Waals surface area contributed by atoms with Gasteiger partial charge in [-0.1, -0.05) is 30.4 Å². The highest BCUT2D eigenvalue weighted by molar-refractivity contribution is 5.76. The molecule has 0 fully saturated rings. The number of hydrogen-bond donors (Lipinski definition) is 0. The smallest absolute Gasteiger partial charge is 0.0178 e. The summed E-state index contributed by atoms with van der Waals surface area (Å²) in [4.78, 5) is 0. The van der Waals surface area contributed by atoms with Gasteiger partial charge in [-0.2, -0.15) is 0 Å². The van der Waals surface area contributed by atoms with Gasteiger partial charge in [0.2, 0.25) is 0 Å². The van der Waals surface area contributed by atoms with Crippen molar-refractivity contribution in [2.75, 3.05) is 0 Å². The summed E-state index contributed by atoms with van der Waals surface area (Å²) in [6.07, 6.45) is 10.1. The van der Waals surface area contributed by atoms with Crippen LogP contribution in [0, 0.1) is 13.8 Å². The highest BCUT2D eigenvalue weighted by Gasteiger charge is 1.99. The largest absolute Gasteiger partial charge is 0.121 e. The van der Waals surface area contributed by atoms with Crippen molar-refractivity contribution in [3.8, 4) is 0 Å². The Kier molecular flexibility index (Phi) is 2.71. The lowest BCUT2D eigenvalue weighted by atomic mass is 10.00. The van der Waals surface area contributed by atoms with Crippen LogP contribution in [0.15, 0.2) is 54.3 Å². The topological polar surface area (TPSA) is 0 Å². The fourth-order valence-corrected chi connectivity index (χ4v) is 1.57. The Morgan fingerprint density at radius 2 is 1.87 bits per heavy atom. The number of rotatable bonds is 1. The molecule has 2 rings (SSSR count). The van der Waals surface area contributed by atoms with E-state index in [1.807, 2.05) is 18.2 Å². The van der Waals surface area contributed by atoms with Crippen molar-refractivity contribution >= 4 is 5.57 Å². The normalized spacial score (nSPS) is 13.9. The van der Waals surface area contributed by atoms with Crippen molar-refractivity contribution in [3.63, 3.8) is 0 Å². The third kappa shape index (κ3) is 2.18. The first-order chi connectivity index (χ1) is 7.27. The number of aryl methyl sites for hydroxylation is 2. The molecular formula is C15H14. The second kappa shape index (κ2) is 4.16. The minimum atomic E-state index is 1.24. The van der Waals surface area contributed by atoms with E-state index in [1.54, 1.807) is 0 Å². The second-order valence-corrected chi connectivity index (χ2v) is 3.78. The molecule has 0 bridgehead atoms. The molecule has 0 saturated heterocycles. The first-order valence-corrected chi connectivity index (χ1v) is 5.14. The Balaban J connectivity index is 2.43. The minimum Gasteiger partial charge on any atom is -0.121 e. The number of hydrogen-bond acceptors (Lipinski definition) is 0. The summed E-state index contributed by atoms with van der Waals surface area (Å²) in [6.45, 7) is 4.28. The lowest BCUT2D eigenvalue weighted by Gasteiger charge is -2.05. The lowest BCUT2D eigenvalue weighted by Crippen LogP contribution is -1.85. The van der Waals surface area contributed by atoms with Crippen LogP contribution < -0.4 is 0 Å². The summed E-state index contributed by atoms with van der Waals surface area (Å²) in [5, 5.41) is 0.